The molecule has 1 aromatic rings. The molecule has 0 aromatic heterocycles. The van der Waals surface area contributed by atoms with Crippen LogP contribution in [0, 0.1) is 0 Å². The number of ether oxygens (including phenoxy) is 2. The smallest absolute Gasteiger partial charge is 0.134 e. The van der Waals surface area contributed by atoms with Gasteiger partial charge in [-0.05, 0) is 12.1 Å². The lowest BCUT2D eigenvalue weighted by atomic mass is 9.82. The minimum Gasteiger partial charge on any atom is -0.497 e. The summed E-state index contributed by atoms with van der Waals surface area (Å²) in [5.74, 6) is 2.76. The fourth-order valence-electron chi connectivity index (χ4n) is 2.11. The summed E-state index contributed by atoms with van der Waals surface area (Å²) in [6, 6.07) is 6.02. The molecule has 0 saturated heterocycles. The number of rotatable bonds is 3. The van der Waals surface area contributed by atoms with E-state index >= 15 is 0 Å². The second kappa shape index (κ2) is 4.73. The van der Waals surface area contributed by atoms with Crippen LogP contribution < -0.4 is 9.47 Å². The first-order chi connectivity index (χ1) is 8.06. The van der Waals surface area contributed by atoms with Gasteiger partial charge >= 0.3 is 0 Å². The molecule has 0 radical (unpaired) electrons. The Morgan fingerprint density at radius 1 is 1.35 bits per heavy atom. The highest BCUT2D eigenvalue weighted by atomic mass is 79.9. The van der Waals surface area contributed by atoms with Crippen molar-refractivity contribution < 1.29 is 9.47 Å². The molecule has 0 fully saturated rings. The van der Waals surface area contributed by atoms with Crippen LogP contribution in [0.15, 0.2) is 30.0 Å². The lowest BCUT2D eigenvalue weighted by Gasteiger charge is -2.30. The standard InChI is InChI=1S/C14H17BrO2/c1-14(2)9-11(6-7-15)17-13-8-10(16-3)4-5-12(13)14/h4-5,8-9H,6-7H2,1-3H3. The van der Waals surface area contributed by atoms with Crippen molar-refractivity contribution in [1.82, 2.24) is 0 Å². The molecular formula is C14H17BrO2. The van der Waals surface area contributed by atoms with Gasteiger partial charge in [-0.1, -0.05) is 35.8 Å². The summed E-state index contributed by atoms with van der Waals surface area (Å²) in [6.07, 6.45) is 3.10. The van der Waals surface area contributed by atoms with Crippen LogP contribution >= 0.6 is 15.9 Å². The van der Waals surface area contributed by atoms with E-state index in [-0.39, 0.29) is 5.41 Å². The zero-order valence-corrected chi connectivity index (χ0v) is 12.0. The molecule has 0 aliphatic carbocycles. The number of hydrogen-bond acceptors (Lipinski definition) is 2. The lowest BCUT2D eigenvalue weighted by Crippen LogP contribution is -2.21. The average molecular weight is 297 g/mol. The van der Waals surface area contributed by atoms with Crippen molar-refractivity contribution in [1.29, 1.82) is 0 Å². The van der Waals surface area contributed by atoms with Crippen LogP contribution in [0.1, 0.15) is 25.8 Å². The summed E-state index contributed by atoms with van der Waals surface area (Å²) in [7, 11) is 1.67. The maximum Gasteiger partial charge on any atom is 0.134 e. The van der Waals surface area contributed by atoms with E-state index in [1.807, 2.05) is 12.1 Å². The zero-order chi connectivity index (χ0) is 12.5. The molecule has 0 bridgehead atoms. The number of benzene rings is 1. The first-order valence-electron chi connectivity index (χ1n) is 5.71. The number of alkyl halides is 1. The highest BCUT2D eigenvalue weighted by molar-refractivity contribution is 9.09. The van der Waals surface area contributed by atoms with Gasteiger partial charge in [0.05, 0.1) is 7.11 Å². The van der Waals surface area contributed by atoms with Gasteiger partial charge in [0.15, 0.2) is 0 Å². The van der Waals surface area contributed by atoms with Gasteiger partial charge in [-0.15, -0.1) is 0 Å². The molecule has 92 valence electrons. The highest BCUT2D eigenvalue weighted by Gasteiger charge is 2.28. The van der Waals surface area contributed by atoms with Gasteiger partial charge in [0.2, 0.25) is 0 Å². The molecule has 1 aliphatic rings. The molecule has 1 heterocycles. The summed E-state index contributed by atoms with van der Waals surface area (Å²) in [5, 5.41) is 0.911. The van der Waals surface area contributed by atoms with E-state index in [2.05, 4.69) is 41.9 Å². The van der Waals surface area contributed by atoms with Crippen molar-refractivity contribution in [2.24, 2.45) is 0 Å². The second-order valence-electron chi connectivity index (χ2n) is 4.74. The van der Waals surface area contributed by atoms with E-state index in [1.165, 1.54) is 5.56 Å². The normalized spacial score (nSPS) is 16.8. The van der Waals surface area contributed by atoms with Gasteiger partial charge in [-0.25, -0.2) is 0 Å². The third kappa shape index (κ3) is 2.49. The van der Waals surface area contributed by atoms with Gasteiger partial charge in [0, 0.05) is 28.8 Å². The molecule has 2 nitrogen and oxygen atoms in total. The van der Waals surface area contributed by atoms with Crippen LogP contribution in [0.2, 0.25) is 0 Å². The third-order valence-corrected chi connectivity index (χ3v) is 3.38. The molecule has 3 heteroatoms. The van der Waals surface area contributed by atoms with Crippen molar-refractivity contribution in [2.45, 2.75) is 25.7 Å². The summed E-state index contributed by atoms with van der Waals surface area (Å²) < 4.78 is 11.1. The van der Waals surface area contributed by atoms with Crippen molar-refractivity contribution >= 4 is 15.9 Å². The Kier molecular flexibility index (Phi) is 3.48. The topological polar surface area (TPSA) is 18.5 Å². The van der Waals surface area contributed by atoms with E-state index in [1.54, 1.807) is 7.11 Å². The van der Waals surface area contributed by atoms with Crippen LogP contribution in [-0.4, -0.2) is 12.4 Å². The van der Waals surface area contributed by atoms with Gasteiger partial charge in [0.25, 0.3) is 0 Å². The quantitative estimate of drug-likeness (QED) is 0.784. The van der Waals surface area contributed by atoms with Crippen molar-refractivity contribution in [3.63, 3.8) is 0 Å². The first kappa shape index (κ1) is 12.5. The summed E-state index contributed by atoms with van der Waals surface area (Å²) in [4.78, 5) is 0. The molecule has 2 rings (SSSR count). The largest absolute Gasteiger partial charge is 0.497 e. The first-order valence-corrected chi connectivity index (χ1v) is 6.83. The maximum absolute atomic E-state index is 5.90. The fraction of sp³-hybridized carbons (Fsp3) is 0.429. The summed E-state index contributed by atoms with van der Waals surface area (Å²) in [5.41, 5.74) is 1.22. The Hall–Kier alpha value is -0.960. The van der Waals surface area contributed by atoms with E-state index in [0.717, 1.165) is 29.0 Å². The number of hydrogen-bond donors (Lipinski definition) is 0. The summed E-state index contributed by atoms with van der Waals surface area (Å²) >= 11 is 3.45. The molecule has 0 atom stereocenters. The Morgan fingerprint density at radius 2 is 2.12 bits per heavy atom. The molecule has 0 unspecified atom stereocenters. The van der Waals surface area contributed by atoms with Gasteiger partial charge in [-0.2, -0.15) is 0 Å². The zero-order valence-electron chi connectivity index (χ0n) is 10.4. The lowest BCUT2D eigenvalue weighted by molar-refractivity contribution is 0.362. The second-order valence-corrected chi connectivity index (χ2v) is 5.53. The number of halogens is 1. The average Bonchev–Trinajstić information content (AvgIpc) is 2.27. The van der Waals surface area contributed by atoms with Crippen LogP contribution in [0.25, 0.3) is 0 Å². The summed E-state index contributed by atoms with van der Waals surface area (Å²) in [6.45, 7) is 4.41. The van der Waals surface area contributed by atoms with Gasteiger partial charge in [0.1, 0.15) is 17.3 Å². The molecule has 1 aliphatic heterocycles. The van der Waals surface area contributed by atoms with Crippen LogP contribution in [0.5, 0.6) is 11.5 Å². The molecule has 0 amide bonds. The van der Waals surface area contributed by atoms with Crippen LogP contribution in [0.4, 0.5) is 0 Å². The molecule has 0 N–H and O–H groups in total. The monoisotopic (exact) mass is 296 g/mol. The van der Waals surface area contributed by atoms with Crippen molar-refractivity contribution in [3.05, 3.63) is 35.6 Å². The van der Waals surface area contributed by atoms with Crippen molar-refractivity contribution in [2.75, 3.05) is 12.4 Å². The minimum absolute atomic E-state index is 0.0113. The van der Waals surface area contributed by atoms with Crippen LogP contribution in [-0.2, 0) is 5.41 Å². The van der Waals surface area contributed by atoms with E-state index in [9.17, 15) is 0 Å². The highest BCUT2D eigenvalue weighted by Crippen LogP contribution is 2.41. The Balaban J connectivity index is 2.41. The van der Waals surface area contributed by atoms with Gasteiger partial charge < -0.3 is 9.47 Å². The predicted octanol–water partition coefficient (Wildman–Crippen LogP) is 4.03. The van der Waals surface area contributed by atoms with E-state index < -0.39 is 0 Å². The third-order valence-electron chi connectivity index (χ3n) is 2.99. The molecular weight excluding hydrogens is 280 g/mol. The number of fused-ring (bicyclic) bond motifs is 1. The fourth-order valence-corrected chi connectivity index (χ4v) is 2.50. The molecule has 0 saturated carbocycles. The van der Waals surface area contributed by atoms with E-state index in [0.29, 0.717) is 0 Å². The Bertz CT molecular complexity index is 450. The van der Waals surface area contributed by atoms with E-state index in [4.69, 9.17) is 9.47 Å². The minimum atomic E-state index is 0.0113. The SMILES string of the molecule is COc1ccc2c(c1)OC(CCBr)=CC2(C)C. The Labute approximate surface area is 111 Å². The van der Waals surface area contributed by atoms with Crippen LogP contribution in [0.3, 0.4) is 0 Å². The molecule has 0 spiro atoms. The molecule has 1 aromatic carbocycles. The van der Waals surface area contributed by atoms with Gasteiger partial charge in [-0.3, -0.25) is 0 Å². The Morgan fingerprint density at radius 3 is 2.76 bits per heavy atom. The number of allylic oxidation sites excluding steroid dienone is 2. The van der Waals surface area contributed by atoms with Crippen molar-refractivity contribution in [3.8, 4) is 11.5 Å². The molecule has 17 heavy (non-hydrogen) atoms. The number of methoxy groups -OCH3 is 1. The predicted molar refractivity (Wildman–Crippen MR) is 73.1 cm³/mol. The maximum atomic E-state index is 5.90.